The molecule has 1 aliphatic rings. The van der Waals surface area contributed by atoms with Crippen LogP contribution in [0, 0.1) is 5.92 Å². The van der Waals surface area contributed by atoms with E-state index in [1.165, 1.54) is 11.8 Å². The maximum absolute atomic E-state index is 12.4. The predicted molar refractivity (Wildman–Crippen MR) is 91.7 cm³/mol. The number of pyridine rings is 1. The highest BCUT2D eigenvalue weighted by molar-refractivity contribution is 7.99. The quantitative estimate of drug-likeness (QED) is 0.855. The van der Waals surface area contributed by atoms with Gasteiger partial charge in [0.1, 0.15) is 0 Å². The Hall–Kier alpha value is -1.66. The number of rotatable bonds is 2. The summed E-state index contributed by atoms with van der Waals surface area (Å²) in [5, 5.41) is 9.99. The molecule has 0 radical (unpaired) electrons. The Balaban J connectivity index is 1.96. The van der Waals surface area contributed by atoms with Crippen molar-refractivity contribution in [3.05, 3.63) is 40.4 Å². The van der Waals surface area contributed by atoms with Gasteiger partial charge < -0.3 is 5.11 Å². The Labute approximate surface area is 139 Å². The number of fused-ring (bicyclic) bond motifs is 1. The van der Waals surface area contributed by atoms with E-state index in [-0.39, 0.29) is 23.5 Å². The van der Waals surface area contributed by atoms with Crippen LogP contribution in [-0.4, -0.2) is 32.0 Å². The minimum Gasteiger partial charge on any atom is -0.396 e. The Morgan fingerprint density at radius 2 is 2.17 bits per heavy atom. The molecular formula is C17H21N3O2S. The van der Waals surface area contributed by atoms with Crippen LogP contribution in [0.25, 0.3) is 11.3 Å². The second kappa shape index (κ2) is 6.09. The number of thioether (sulfide) groups is 1. The van der Waals surface area contributed by atoms with Crippen LogP contribution in [0.1, 0.15) is 26.5 Å². The maximum Gasteiger partial charge on any atom is 0.254 e. The lowest BCUT2D eigenvalue weighted by Crippen LogP contribution is -2.32. The summed E-state index contributed by atoms with van der Waals surface area (Å²) >= 11 is 1.52. The zero-order valence-electron chi connectivity index (χ0n) is 13.6. The fourth-order valence-corrected chi connectivity index (χ4v) is 3.59. The van der Waals surface area contributed by atoms with Gasteiger partial charge in [0, 0.05) is 53.8 Å². The number of nitrogens with zero attached hydrogens (tertiary/aromatic N) is 3. The summed E-state index contributed by atoms with van der Waals surface area (Å²) in [4.78, 5) is 21.5. The van der Waals surface area contributed by atoms with Crippen LogP contribution >= 0.6 is 11.8 Å². The predicted octanol–water partition coefficient (Wildman–Crippen LogP) is 2.32. The molecule has 2 aromatic rings. The molecule has 1 N–H and O–H groups in total. The highest BCUT2D eigenvalue weighted by atomic mass is 32.2. The molecule has 0 spiro atoms. The normalized spacial score (nSPS) is 17.8. The van der Waals surface area contributed by atoms with E-state index >= 15 is 0 Å². The van der Waals surface area contributed by atoms with Gasteiger partial charge >= 0.3 is 0 Å². The first-order chi connectivity index (χ1) is 10.9. The average Bonchev–Trinajstić information content (AvgIpc) is 2.54. The van der Waals surface area contributed by atoms with Crippen LogP contribution in [-0.2, 0) is 12.0 Å². The number of hydrogen-bond acceptors (Lipinski definition) is 5. The number of aromatic nitrogens is 3. The second-order valence-electron chi connectivity index (χ2n) is 6.91. The summed E-state index contributed by atoms with van der Waals surface area (Å²) in [5.41, 5.74) is 2.44. The van der Waals surface area contributed by atoms with Crippen molar-refractivity contribution in [2.45, 2.75) is 37.9 Å². The van der Waals surface area contributed by atoms with Gasteiger partial charge in [0.15, 0.2) is 5.16 Å². The zero-order chi connectivity index (χ0) is 16.6. The van der Waals surface area contributed by atoms with E-state index in [0.29, 0.717) is 12.2 Å². The van der Waals surface area contributed by atoms with Gasteiger partial charge in [-0.05, 0) is 12.1 Å². The third-order valence-corrected chi connectivity index (χ3v) is 5.16. The topological polar surface area (TPSA) is 68.0 Å². The van der Waals surface area contributed by atoms with Gasteiger partial charge in [0.25, 0.3) is 5.56 Å². The molecule has 0 saturated carbocycles. The number of hydrogen-bond donors (Lipinski definition) is 1. The van der Waals surface area contributed by atoms with E-state index in [0.717, 1.165) is 22.2 Å². The lowest BCUT2D eigenvalue weighted by Gasteiger charge is -2.23. The van der Waals surface area contributed by atoms with Gasteiger partial charge in [-0.1, -0.05) is 32.5 Å². The Kier molecular flexibility index (Phi) is 4.29. The van der Waals surface area contributed by atoms with Crippen molar-refractivity contribution in [3.63, 3.8) is 0 Å². The summed E-state index contributed by atoms with van der Waals surface area (Å²) in [7, 11) is 0. The second-order valence-corrected chi connectivity index (χ2v) is 7.90. The third-order valence-electron chi connectivity index (χ3n) is 3.95. The zero-order valence-corrected chi connectivity index (χ0v) is 14.4. The van der Waals surface area contributed by atoms with Crippen molar-refractivity contribution in [1.82, 2.24) is 14.5 Å². The summed E-state index contributed by atoms with van der Waals surface area (Å²) in [6.07, 6.45) is 1.78. The maximum atomic E-state index is 12.4. The Morgan fingerprint density at radius 1 is 1.39 bits per heavy atom. The van der Waals surface area contributed by atoms with Crippen molar-refractivity contribution in [1.29, 1.82) is 0 Å². The SMILES string of the molecule is CC(C)(C)c1ccc(-c2cc(=O)n3c(n2)SCC(CO)C3)cn1. The standard InChI is InChI=1S/C17H21N3O2S/c1-17(2,3)14-5-4-12(7-18-14)13-6-15(22)20-8-11(9-21)10-23-16(20)19-13/h4-7,11,21H,8-10H2,1-3H3. The number of aliphatic hydroxyl groups is 1. The molecule has 3 heterocycles. The molecule has 2 aromatic heterocycles. The lowest BCUT2D eigenvalue weighted by molar-refractivity contribution is 0.217. The lowest BCUT2D eigenvalue weighted by atomic mass is 9.91. The molecule has 1 unspecified atom stereocenters. The first-order valence-electron chi connectivity index (χ1n) is 7.71. The first kappa shape index (κ1) is 16.2. The summed E-state index contributed by atoms with van der Waals surface area (Å²) < 4.78 is 1.65. The van der Waals surface area contributed by atoms with Crippen LogP contribution in [0.5, 0.6) is 0 Å². The summed E-state index contributed by atoms with van der Waals surface area (Å²) in [6.45, 7) is 6.98. The van der Waals surface area contributed by atoms with Gasteiger partial charge in [-0.25, -0.2) is 4.98 Å². The third kappa shape index (κ3) is 3.33. The average molecular weight is 331 g/mol. The molecule has 0 bridgehead atoms. The molecule has 5 nitrogen and oxygen atoms in total. The fraction of sp³-hybridized carbons (Fsp3) is 0.471. The Morgan fingerprint density at radius 3 is 2.78 bits per heavy atom. The molecule has 23 heavy (non-hydrogen) atoms. The van der Waals surface area contributed by atoms with Crippen LogP contribution in [0.15, 0.2) is 34.3 Å². The molecule has 1 atom stereocenters. The summed E-state index contributed by atoms with van der Waals surface area (Å²) in [6, 6.07) is 5.51. The van der Waals surface area contributed by atoms with E-state index in [4.69, 9.17) is 0 Å². The molecule has 0 saturated heterocycles. The molecule has 0 fully saturated rings. The Bertz CT molecular complexity index is 763. The smallest absolute Gasteiger partial charge is 0.254 e. The number of aliphatic hydroxyl groups excluding tert-OH is 1. The fourth-order valence-electron chi connectivity index (χ4n) is 2.51. The van der Waals surface area contributed by atoms with Crippen LogP contribution < -0.4 is 5.56 Å². The molecule has 0 aromatic carbocycles. The van der Waals surface area contributed by atoms with Crippen molar-refractivity contribution in [2.24, 2.45) is 5.92 Å². The van der Waals surface area contributed by atoms with Crippen molar-refractivity contribution in [2.75, 3.05) is 12.4 Å². The molecule has 3 rings (SSSR count). The van der Waals surface area contributed by atoms with Gasteiger partial charge in [-0.3, -0.25) is 14.3 Å². The summed E-state index contributed by atoms with van der Waals surface area (Å²) in [5.74, 6) is 0.902. The van der Waals surface area contributed by atoms with E-state index in [1.807, 2.05) is 12.1 Å². The van der Waals surface area contributed by atoms with Gasteiger partial charge in [0.2, 0.25) is 0 Å². The highest BCUT2D eigenvalue weighted by Gasteiger charge is 2.21. The van der Waals surface area contributed by atoms with Crippen molar-refractivity contribution < 1.29 is 5.11 Å². The van der Waals surface area contributed by atoms with Gasteiger partial charge in [0.05, 0.1) is 5.69 Å². The molecule has 122 valence electrons. The van der Waals surface area contributed by atoms with Gasteiger partial charge in [-0.2, -0.15) is 0 Å². The van der Waals surface area contributed by atoms with E-state index in [9.17, 15) is 9.90 Å². The molecule has 1 aliphatic heterocycles. The van der Waals surface area contributed by atoms with E-state index in [1.54, 1.807) is 16.8 Å². The molecule has 6 heteroatoms. The minimum absolute atomic E-state index is 0.00346. The van der Waals surface area contributed by atoms with Crippen LogP contribution in [0.2, 0.25) is 0 Å². The minimum atomic E-state index is -0.0736. The van der Waals surface area contributed by atoms with Crippen LogP contribution in [0.3, 0.4) is 0 Å². The van der Waals surface area contributed by atoms with Crippen molar-refractivity contribution in [3.8, 4) is 11.3 Å². The monoisotopic (exact) mass is 331 g/mol. The van der Waals surface area contributed by atoms with Gasteiger partial charge in [-0.15, -0.1) is 0 Å². The molecule has 0 aliphatic carbocycles. The highest BCUT2D eigenvalue weighted by Crippen LogP contribution is 2.27. The van der Waals surface area contributed by atoms with Crippen molar-refractivity contribution >= 4 is 11.8 Å². The molecular weight excluding hydrogens is 310 g/mol. The van der Waals surface area contributed by atoms with Crippen LogP contribution in [0.4, 0.5) is 0 Å². The first-order valence-corrected chi connectivity index (χ1v) is 8.69. The largest absolute Gasteiger partial charge is 0.396 e. The molecule has 0 amide bonds. The van der Waals surface area contributed by atoms with E-state index in [2.05, 4.69) is 30.7 Å². The van der Waals surface area contributed by atoms with E-state index < -0.39 is 0 Å².